The molecule has 1 aromatic heterocycles. The van der Waals surface area contributed by atoms with Crippen LogP contribution in [0.1, 0.15) is 24.5 Å². The Kier molecular flexibility index (Phi) is 5.95. The monoisotopic (exact) mass is 282 g/mol. The van der Waals surface area contributed by atoms with Gasteiger partial charge in [-0.2, -0.15) is 0 Å². The Bertz CT molecular complexity index is 540. The summed E-state index contributed by atoms with van der Waals surface area (Å²) < 4.78 is 0. The lowest BCUT2D eigenvalue weighted by Crippen LogP contribution is -2.32. The number of hydrogen-bond donors (Lipinski definition) is 0. The van der Waals surface area contributed by atoms with Crippen molar-refractivity contribution in [3.05, 3.63) is 66.0 Å². The number of pyridine rings is 1. The molecular weight excluding hydrogens is 260 g/mol. The van der Waals surface area contributed by atoms with Crippen LogP contribution in [0.2, 0.25) is 0 Å². The van der Waals surface area contributed by atoms with Gasteiger partial charge in [-0.3, -0.25) is 9.78 Å². The minimum Gasteiger partial charge on any atom is -0.343 e. The van der Waals surface area contributed by atoms with Gasteiger partial charge in [-0.1, -0.05) is 36.4 Å². The fourth-order valence-corrected chi connectivity index (χ4v) is 2.32. The van der Waals surface area contributed by atoms with Crippen LogP contribution in [0, 0.1) is 0 Å². The van der Waals surface area contributed by atoms with E-state index in [4.69, 9.17) is 0 Å². The molecule has 2 rings (SSSR count). The fraction of sp³-hybridized carbons (Fsp3) is 0.333. The third-order valence-corrected chi connectivity index (χ3v) is 3.60. The number of carbonyl (C=O) groups excluding carboxylic acids is 1. The second-order valence-corrected chi connectivity index (χ2v) is 5.07. The van der Waals surface area contributed by atoms with Gasteiger partial charge >= 0.3 is 0 Å². The molecule has 0 saturated carbocycles. The molecule has 1 heterocycles. The van der Waals surface area contributed by atoms with Crippen molar-refractivity contribution in [2.45, 2.75) is 26.2 Å². The van der Waals surface area contributed by atoms with Crippen LogP contribution in [0.25, 0.3) is 0 Å². The Balaban J connectivity index is 1.81. The minimum absolute atomic E-state index is 0.220. The standard InChI is InChI=1S/C18H22N2O/c1-2-20(14-12-16-7-4-3-5-8-16)18(21)11-10-17-9-6-13-19-15-17/h3-9,13,15H,2,10-12,14H2,1H3. The van der Waals surface area contributed by atoms with Gasteiger partial charge in [0.25, 0.3) is 0 Å². The van der Waals surface area contributed by atoms with Gasteiger partial charge in [-0.25, -0.2) is 0 Å². The number of hydrogen-bond acceptors (Lipinski definition) is 2. The second kappa shape index (κ2) is 8.20. The van der Waals surface area contributed by atoms with Crippen molar-refractivity contribution in [1.29, 1.82) is 0 Å². The number of aromatic nitrogens is 1. The summed E-state index contributed by atoms with van der Waals surface area (Å²) >= 11 is 0. The van der Waals surface area contributed by atoms with E-state index in [2.05, 4.69) is 17.1 Å². The highest BCUT2D eigenvalue weighted by atomic mass is 16.2. The van der Waals surface area contributed by atoms with Crippen LogP contribution >= 0.6 is 0 Å². The van der Waals surface area contributed by atoms with E-state index in [1.807, 2.05) is 48.4 Å². The number of amides is 1. The van der Waals surface area contributed by atoms with Gasteiger partial charge in [0.2, 0.25) is 5.91 Å². The first-order valence-corrected chi connectivity index (χ1v) is 7.50. The highest BCUT2D eigenvalue weighted by Crippen LogP contribution is 2.06. The van der Waals surface area contributed by atoms with Crippen LogP contribution in [0.3, 0.4) is 0 Å². The molecule has 0 bridgehead atoms. The third kappa shape index (κ3) is 5.03. The smallest absolute Gasteiger partial charge is 0.222 e. The predicted octanol–water partition coefficient (Wildman–Crippen LogP) is 3.11. The molecule has 0 unspecified atom stereocenters. The summed E-state index contributed by atoms with van der Waals surface area (Å²) in [5, 5.41) is 0. The molecular formula is C18H22N2O. The number of nitrogens with zero attached hydrogens (tertiary/aromatic N) is 2. The van der Waals surface area contributed by atoms with Crippen LogP contribution in [0.4, 0.5) is 0 Å². The van der Waals surface area contributed by atoms with E-state index in [1.165, 1.54) is 5.56 Å². The second-order valence-electron chi connectivity index (χ2n) is 5.07. The molecule has 1 aromatic carbocycles. The van der Waals surface area contributed by atoms with E-state index in [9.17, 15) is 4.79 Å². The molecule has 0 atom stereocenters. The van der Waals surface area contributed by atoms with Crippen molar-refractivity contribution in [1.82, 2.24) is 9.88 Å². The molecule has 110 valence electrons. The zero-order valence-electron chi connectivity index (χ0n) is 12.5. The first kappa shape index (κ1) is 15.2. The average Bonchev–Trinajstić information content (AvgIpc) is 2.55. The highest BCUT2D eigenvalue weighted by Gasteiger charge is 2.11. The molecule has 3 heteroatoms. The Morgan fingerprint density at radius 2 is 1.81 bits per heavy atom. The Labute approximate surface area is 126 Å². The molecule has 2 aromatic rings. The lowest BCUT2D eigenvalue weighted by atomic mass is 10.1. The topological polar surface area (TPSA) is 33.2 Å². The van der Waals surface area contributed by atoms with Gasteiger partial charge in [0, 0.05) is 31.9 Å². The average molecular weight is 282 g/mol. The van der Waals surface area contributed by atoms with Crippen LogP contribution in [-0.2, 0) is 17.6 Å². The van der Waals surface area contributed by atoms with Crippen molar-refractivity contribution in [3.63, 3.8) is 0 Å². The van der Waals surface area contributed by atoms with Crippen molar-refractivity contribution in [3.8, 4) is 0 Å². The highest BCUT2D eigenvalue weighted by molar-refractivity contribution is 5.76. The number of aryl methyl sites for hydroxylation is 1. The molecule has 0 saturated heterocycles. The van der Waals surface area contributed by atoms with E-state index in [1.54, 1.807) is 6.20 Å². The molecule has 0 fully saturated rings. The molecule has 0 N–H and O–H groups in total. The summed E-state index contributed by atoms with van der Waals surface area (Å²) in [6.45, 7) is 3.58. The summed E-state index contributed by atoms with van der Waals surface area (Å²) in [5.41, 5.74) is 2.39. The SMILES string of the molecule is CCN(CCc1ccccc1)C(=O)CCc1cccnc1. The van der Waals surface area contributed by atoms with Crippen LogP contribution in [0.5, 0.6) is 0 Å². The van der Waals surface area contributed by atoms with E-state index >= 15 is 0 Å². The quantitative estimate of drug-likeness (QED) is 0.782. The Morgan fingerprint density at radius 1 is 1.05 bits per heavy atom. The lowest BCUT2D eigenvalue weighted by molar-refractivity contribution is -0.130. The maximum absolute atomic E-state index is 12.3. The van der Waals surface area contributed by atoms with Crippen LogP contribution in [-0.4, -0.2) is 28.9 Å². The van der Waals surface area contributed by atoms with Crippen LogP contribution < -0.4 is 0 Å². The molecule has 3 nitrogen and oxygen atoms in total. The van der Waals surface area contributed by atoms with E-state index in [-0.39, 0.29) is 5.91 Å². The van der Waals surface area contributed by atoms with Gasteiger partial charge in [0.1, 0.15) is 0 Å². The van der Waals surface area contributed by atoms with E-state index < -0.39 is 0 Å². The molecule has 0 aliphatic rings. The summed E-state index contributed by atoms with van der Waals surface area (Å²) in [6.07, 6.45) is 5.80. The summed E-state index contributed by atoms with van der Waals surface area (Å²) in [5.74, 6) is 0.220. The van der Waals surface area contributed by atoms with E-state index in [0.717, 1.165) is 31.5 Å². The lowest BCUT2D eigenvalue weighted by Gasteiger charge is -2.21. The summed E-state index contributed by atoms with van der Waals surface area (Å²) in [7, 11) is 0. The van der Waals surface area contributed by atoms with Gasteiger partial charge in [0.05, 0.1) is 0 Å². The van der Waals surface area contributed by atoms with Gasteiger partial charge in [0.15, 0.2) is 0 Å². The van der Waals surface area contributed by atoms with Crippen molar-refractivity contribution >= 4 is 5.91 Å². The van der Waals surface area contributed by atoms with Gasteiger partial charge in [-0.05, 0) is 37.0 Å². The van der Waals surface area contributed by atoms with Crippen molar-refractivity contribution < 1.29 is 4.79 Å². The van der Waals surface area contributed by atoms with Gasteiger partial charge < -0.3 is 4.90 Å². The van der Waals surface area contributed by atoms with Crippen molar-refractivity contribution in [2.75, 3.05) is 13.1 Å². The zero-order chi connectivity index (χ0) is 14.9. The number of likely N-dealkylation sites (N-methyl/N-ethyl adjacent to an activating group) is 1. The summed E-state index contributed by atoms with van der Waals surface area (Å²) in [4.78, 5) is 18.3. The first-order chi connectivity index (χ1) is 10.3. The molecule has 1 amide bonds. The maximum atomic E-state index is 12.3. The largest absolute Gasteiger partial charge is 0.343 e. The van der Waals surface area contributed by atoms with Crippen LogP contribution in [0.15, 0.2) is 54.9 Å². The minimum atomic E-state index is 0.220. The van der Waals surface area contributed by atoms with Crippen molar-refractivity contribution in [2.24, 2.45) is 0 Å². The summed E-state index contributed by atoms with van der Waals surface area (Å²) in [6, 6.07) is 14.2. The third-order valence-electron chi connectivity index (χ3n) is 3.60. The molecule has 0 aliphatic heterocycles. The molecule has 0 radical (unpaired) electrons. The van der Waals surface area contributed by atoms with E-state index in [0.29, 0.717) is 6.42 Å². The maximum Gasteiger partial charge on any atom is 0.222 e. The molecule has 0 spiro atoms. The number of rotatable bonds is 7. The normalized spacial score (nSPS) is 10.3. The Hall–Kier alpha value is -2.16. The number of carbonyl (C=O) groups is 1. The Morgan fingerprint density at radius 3 is 2.48 bits per heavy atom. The first-order valence-electron chi connectivity index (χ1n) is 7.50. The molecule has 21 heavy (non-hydrogen) atoms. The fourth-order valence-electron chi connectivity index (χ4n) is 2.32. The number of benzene rings is 1. The molecule has 0 aliphatic carbocycles. The zero-order valence-corrected chi connectivity index (χ0v) is 12.5. The van der Waals surface area contributed by atoms with Gasteiger partial charge in [-0.15, -0.1) is 0 Å². The predicted molar refractivity (Wildman–Crippen MR) is 85.0 cm³/mol.